The first kappa shape index (κ1) is 16.8. The van der Waals surface area contributed by atoms with Gasteiger partial charge in [0.2, 0.25) is 0 Å². The van der Waals surface area contributed by atoms with Crippen LogP contribution in [0.4, 0.5) is 17.6 Å². The normalized spacial score (nSPS) is 11.2. The molecule has 2 aromatic rings. The van der Waals surface area contributed by atoms with Gasteiger partial charge in [0, 0.05) is 0 Å². The Balaban J connectivity index is 2.28. The summed E-state index contributed by atoms with van der Waals surface area (Å²) in [7, 11) is 0. The van der Waals surface area contributed by atoms with Gasteiger partial charge in [0.1, 0.15) is 11.6 Å². The summed E-state index contributed by atoms with van der Waals surface area (Å²) in [5, 5.41) is 0. The van der Waals surface area contributed by atoms with Crippen LogP contribution in [-0.4, -0.2) is 18.9 Å². The molecule has 2 aromatic carbocycles. The Hall–Kier alpha value is -2.57. The van der Waals surface area contributed by atoms with E-state index in [0.717, 1.165) is 18.2 Å². The van der Waals surface area contributed by atoms with Gasteiger partial charge < -0.3 is 9.47 Å². The van der Waals surface area contributed by atoms with Gasteiger partial charge in [-0.3, -0.25) is 0 Å². The Morgan fingerprint density at radius 2 is 1.65 bits per heavy atom. The molecule has 2 rings (SSSR count). The van der Waals surface area contributed by atoms with Crippen LogP contribution in [0.15, 0.2) is 42.5 Å². The van der Waals surface area contributed by atoms with Gasteiger partial charge in [-0.2, -0.15) is 0 Å². The van der Waals surface area contributed by atoms with E-state index < -0.39 is 18.1 Å². The molecule has 0 aliphatic rings. The van der Waals surface area contributed by atoms with Crippen molar-refractivity contribution in [2.75, 3.05) is 6.61 Å². The zero-order chi connectivity index (χ0) is 17.0. The van der Waals surface area contributed by atoms with Gasteiger partial charge in [-0.15, -0.1) is 13.2 Å². The van der Waals surface area contributed by atoms with E-state index >= 15 is 0 Å². The van der Waals surface area contributed by atoms with E-state index in [1.165, 1.54) is 24.3 Å². The molecule has 0 bridgehead atoms. The van der Waals surface area contributed by atoms with E-state index in [0.29, 0.717) is 11.1 Å². The molecule has 0 atom stereocenters. The lowest BCUT2D eigenvalue weighted by Gasteiger charge is -2.10. The SMILES string of the molecule is CCOC(=O)c1cc(-c2ccc(OC(F)(F)F)cc2)ccc1F. The van der Waals surface area contributed by atoms with Crippen molar-refractivity contribution < 1.29 is 31.8 Å². The minimum absolute atomic E-state index is 0.103. The van der Waals surface area contributed by atoms with Crippen LogP contribution >= 0.6 is 0 Å². The molecule has 0 fully saturated rings. The fourth-order valence-electron chi connectivity index (χ4n) is 1.92. The van der Waals surface area contributed by atoms with Crippen molar-refractivity contribution in [3.8, 4) is 16.9 Å². The lowest BCUT2D eigenvalue weighted by atomic mass is 10.0. The topological polar surface area (TPSA) is 35.5 Å². The molecule has 122 valence electrons. The van der Waals surface area contributed by atoms with Crippen LogP contribution < -0.4 is 4.74 Å². The van der Waals surface area contributed by atoms with Crippen LogP contribution in [-0.2, 0) is 4.74 Å². The van der Waals surface area contributed by atoms with Crippen molar-refractivity contribution in [3.63, 3.8) is 0 Å². The monoisotopic (exact) mass is 328 g/mol. The molecule has 0 saturated carbocycles. The summed E-state index contributed by atoms with van der Waals surface area (Å²) in [6, 6.07) is 8.82. The molecule has 0 N–H and O–H groups in total. The summed E-state index contributed by atoms with van der Waals surface area (Å²) in [5.74, 6) is -1.90. The summed E-state index contributed by atoms with van der Waals surface area (Å²) < 4.78 is 58.5. The van der Waals surface area contributed by atoms with Crippen LogP contribution in [0.1, 0.15) is 17.3 Å². The second-order valence-electron chi connectivity index (χ2n) is 4.49. The summed E-state index contributed by atoms with van der Waals surface area (Å²) in [6.07, 6.45) is -4.77. The lowest BCUT2D eigenvalue weighted by molar-refractivity contribution is -0.274. The minimum Gasteiger partial charge on any atom is -0.462 e. The maximum Gasteiger partial charge on any atom is 0.573 e. The van der Waals surface area contributed by atoms with Crippen molar-refractivity contribution >= 4 is 5.97 Å². The zero-order valence-corrected chi connectivity index (χ0v) is 12.0. The Labute approximate surface area is 129 Å². The van der Waals surface area contributed by atoms with Crippen LogP contribution in [0.5, 0.6) is 5.75 Å². The predicted octanol–water partition coefficient (Wildman–Crippen LogP) is 4.57. The second-order valence-corrected chi connectivity index (χ2v) is 4.49. The number of benzene rings is 2. The van der Waals surface area contributed by atoms with E-state index in [9.17, 15) is 22.4 Å². The molecule has 7 heteroatoms. The predicted molar refractivity (Wildman–Crippen MR) is 74.5 cm³/mol. The van der Waals surface area contributed by atoms with Crippen molar-refractivity contribution in [1.82, 2.24) is 0 Å². The van der Waals surface area contributed by atoms with Crippen LogP contribution in [0.2, 0.25) is 0 Å². The molecule has 0 heterocycles. The molecule has 3 nitrogen and oxygen atoms in total. The minimum atomic E-state index is -4.77. The van der Waals surface area contributed by atoms with Crippen LogP contribution in [0.3, 0.4) is 0 Å². The summed E-state index contributed by atoms with van der Waals surface area (Å²) in [4.78, 5) is 11.7. The number of halogens is 4. The highest BCUT2D eigenvalue weighted by Crippen LogP contribution is 2.27. The Morgan fingerprint density at radius 3 is 2.22 bits per heavy atom. The summed E-state index contributed by atoms with van der Waals surface area (Å²) in [6.45, 7) is 1.70. The van der Waals surface area contributed by atoms with Gasteiger partial charge in [0.05, 0.1) is 12.2 Å². The number of ether oxygens (including phenoxy) is 2. The van der Waals surface area contributed by atoms with Gasteiger partial charge in [0.25, 0.3) is 0 Å². The van der Waals surface area contributed by atoms with E-state index in [1.54, 1.807) is 6.92 Å². The molecule has 0 amide bonds. The third-order valence-electron chi connectivity index (χ3n) is 2.88. The molecule has 0 radical (unpaired) electrons. The summed E-state index contributed by atoms with van der Waals surface area (Å²) >= 11 is 0. The molecular weight excluding hydrogens is 316 g/mol. The van der Waals surface area contributed by atoms with Crippen LogP contribution in [0.25, 0.3) is 11.1 Å². The zero-order valence-electron chi connectivity index (χ0n) is 12.0. The Morgan fingerprint density at radius 1 is 1.04 bits per heavy atom. The molecule has 23 heavy (non-hydrogen) atoms. The number of hydrogen-bond acceptors (Lipinski definition) is 3. The van der Waals surface area contributed by atoms with Crippen molar-refractivity contribution in [1.29, 1.82) is 0 Å². The van der Waals surface area contributed by atoms with Gasteiger partial charge in [0.15, 0.2) is 0 Å². The fraction of sp³-hybridized carbons (Fsp3) is 0.188. The second kappa shape index (κ2) is 6.68. The van der Waals surface area contributed by atoms with E-state index in [-0.39, 0.29) is 17.9 Å². The van der Waals surface area contributed by atoms with Crippen molar-refractivity contribution in [2.24, 2.45) is 0 Å². The van der Waals surface area contributed by atoms with E-state index in [2.05, 4.69) is 4.74 Å². The molecule has 0 aromatic heterocycles. The Bertz CT molecular complexity index is 693. The van der Waals surface area contributed by atoms with E-state index in [1.807, 2.05) is 0 Å². The number of hydrogen-bond donors (Lipinski definition) is 0. The number of esters is 1. The molecule has 0 spiro atoms. The van der Waals surface area contributed by atoms with Gasteiger partial charge in [-0.05, 0) is 42.3 Å². The van der Waals surface area contributed by atoms with Crippen molar-refractivity contribution in [2.45, 2.75) is 13.3 Å². The maximum absolute atomic E-state index is 13.7. The first-order valence-corrected chi connectivity index (χ1v) is 6.63. The van der Waals surface area contributed by atoms with Gasteiger partial charge in [-0.25, -0.2) is 9.18 Å². The summed E-state index contributed by atoms with van der Waals surface area (Å²) in [5.41, 5.74) is 0.734. The molecule has 0 aliphatic heterocycles. The van der Waals surface area contributed by atoms with Gasteiger partial charge >= 0.3 is 12.3 Å². The van der Waals surface area contributed by atoms with Crippen molar-refractivity contribution in [3.05, 3.63) is 53.8 Å². The molecule has 0 saturated heterocycles. The molecule has 0 aliphatic carbocycles. The maximum atomic E-state index is 13.7. The average Bonchev–Trinajstić information content (AvgIpc) is 2.47. The molecule has 0 unspecified atom stereocenters. The third-order valence-corrected chi connectivity index (χ3v) is 2.88. The lowest BCUT2D eigenvalue weighted by Crippen LogP contribution is -2.16. The number of carbonyl (C=O) groups is 1. The standard InChI is InChI=1S/C16H12F4O3/c1-2-22-15(21)13-9-11(5-8-14(13)17)10-3-6-12(7-4-10)23-16(18,19)20/h3-9H,2H2,1H3. The largest absolute Gasteiger partial charge is 0.573 e. The third kappa shape index (κ3) is 4.45. The highest BCUT2D eigenvalue weighted by atomic mass is 19.4. The highest BCUT2D eigenvalue weighted by molar-refractivity contribution is 5.91. The van der Waals surface area contributed by atoms with E-state index in [4.69, 9.17) is 4.74 Å². The van der Waals surface area contributed by atoms with Crippen LogP contribution in [0, 0.1) is 5.82 Å². The number of alkyl halides is 3. The smallest absolute Gasteiger partial charge is 0.462 e. The quantitative estimate of drug-likeness (QED) is 0.609. The first-order valence-electron chi connectivity index (χ1n) is 6.63. The Kier molecular flexibility index (Phi) is 4.88. The molecular formula is C16H12F4O3. The number of carbonyl (C=O) groups excluding carboxylic acids is 1. The first-order chi connectivity index (χ1) is 10.8. The average molecular weight is 328 g/mol. The van der Waals surface area contributed by atoms with Gasteiger partial charge in [-0.1, -0.05) is 18.2 Å². The number of rotatable bonds is 4. The fourth-order valence-corrected chi connectivity index (χ4v) is 1.92. The highest BCUT2D eigenvalue weighted by Gasteiger charge is 2.30.